The van der Waals surface area contributed by atoms with E-state index in [1.165, 1.54) is 6.07 Å². The number of para-hydroxylation sites is 1. The molecule has 1 N–H and O–H groups in total. The Hall–Kier alpha value is -1.70. The molecule has 0 radical (unpaired) electrons. The summed E-state index contributed by atoms with van der Waals surface area (Å²) in [6.07, 6.45) is 3.84. The molecule has 6 atom stereocenters. The zero-order valence-corrected chi connectivity index (χ0v) is 20.1. The fourth-order valence-corrected chi connectivity index (χ4v) is 7.25. The number of aliphatic hydroxyl groups is 1. The van der Waals surface area contributed by atoms with Gasteiger partial charge in [0.1, 0.15) is 11.9 Å². The lowest BCUT2D eigenvalue weighted by atomic mass is 9.49. The van der Waals surface area contributed by atoms with Crippen molar-refractivity contribution in [1.82, 2.24) is 4.90 Å². The number of rotatable bonds is 4. The highest BCUT2D eigenvalue weighted by Crippen LogP contribution is 2.61. The zero-order valence-electron chi connectivity index (χ0n) is 20.1. The average molecular weight is 461 g/mol. The predicted octanol–water partition coefficient (Wildman–Crippen LogP) is 3.23. The maximum Gasteiger partial charge on any atom is 0.310 e. The van der Waals surface area contributed by atoms with Crippen LogP contribution in [0.2, 0.25) is 0 Å². The number of piperazine rings is 1. The van der Waals surface area contributed by atoms with Gasteiger partial charge in [-0.3, -0.25) is 9.69 Å². The summed E-state index contributed by atoms with van der Waals surface area (Å²) in [6.45, 7) is 7.78. The fraction of sp³-hybridized carbons (Fsp3) is 0.731. The van der Waals surface area contributed by atoms with E-state index in [9.17, 15) is 14.3 Å². The highest BCUT2D eigenvalue weighted by Gasteiger charge is 2.67. The third-order valence-corrected chi connectivity index (χ3v) is 9.47. The lowest BCUT2D eigenvalue weighted by Gasteiger charge is -2.62. The maximum atomic E-state index is 14.2. The van der Waals surface area contributed by atoms with Crippen molar-refractivity contribution in [2.75, 3.05) is 44.7 Å². The second-order valence-electron chi connectivity index (χ2n) is 11.1. The van der Waals surface area contributed by atoms with E-state index in [-0.39, 0.29) is 35.1 Å². The minimum atomic E-state index is -0.982. The molecule has 0 aromatic heterocycles. The summed E-state index contributed by atoms with van der Waals surface area (Å²) < 4.78 is 26.0. The van der Waals surface area contributed by atoms with Gasteiger partial charge in [0.2, 0.25) is 0 Å². The van der Waals surface area contributed by atoms with Gasteiger partial charge in [0.05, 0.1) is 22.8 Å². The molecule has 5 rings (SSSR count). The Morgan fingerprint density at radius 3 is 2.58 bits per heavy atom. The van der Waals surface area contributed by atoms with Crippen LogP contribution in [0.25, 0.3) is 0 Å². The number of benzene rings is 1. The van der Waals surface area contributed by atoms with Gasteiger partial charge in [-0.05, 0) is 51.2 Å². The fourth-order valence-electron chi connectivity index (χ4n) is 7.25. The van der Waals surface area contributed by atoms with Gasteiger partial charge in [-0.15, -0.1) is 0 Å². The first-order chi connectivity index (χ1) is 15.7. The van der Waals surface area contributed by atoms with Crippen LogP contribution in [-0.2, 0) is 14.3 Å². The quantitative estimate of drug-likeness (QED) is 0.697. The number of hydrogen-bond donors (Lipinski definition) is 1. The molecule has 2 aliphatic heterocycles. The number of carbonyl (C=O) groups excluding carboxylic acids is 1. The number of ether oxygens (including phenoxy) is 2. The summed E-state index contributed by atoms with van der Waals surface area (Å²) in [6, 6.07) is 6.89. The Kier molecular flexibility index (Phi) is 5.73. The molecule has 7 heteroatoms. The monoisotopic (exact) mass is 460 g/mol. The molecule has 182 valence electrons. The van der Waals surface area contributed by atoms with Crippen LogP contribution in [0.4, 0.5) is 10.1 Å². The summed E-state index contributed by atoms with van der Waals surface area (Å²) >= 11 is 0. The highest BCUT2D eigenvalue weighted by atomic mass is 19.1. The van der Waals surface area contributed by atoms with Crippen LogP contribution in [0.3, 0.4) is 0 Å². The van der Waals surface area contributed by atoms with Gasteiger partial charge in [0, 0.05) is 51.2 Å². The van der Waals surface area contributed by atoms with E-state index in [4.69, 9.17) is 9.47 Å². The minimum absolute atomic E-state index is 0.00672. The lowest BCUT2D eigenvalue weighted by Crippen LogP contribution is -2.69. The number of esters is 1. The van der Waals surface area contributed by atoms with Gasteiger partial charge in [-0.1, -0.05) is 19.1 Å². The Labute approximate surface area is 196 Å². The Morgan fingerprint density at radius 1 is 1.15 bits per heavy atom. The van der Waals surface area contributed by atoms with E-state index >= 15 is 0 Å². The van der Waals surface area contributed by atoms with Crippen LogP contribution in [0.1, 0.15) is 46.0 Å². The number of methoxy groups -OCH3 is 1. The Bertz CT molecular complexity index is 906. The first-order valence-electron chi connectivity index (χ1n) is 12.4. The van der Waals surface area contributed by atoms with Crippen molar-refractivity contribution < 1.29 is 23.8 Å². The summed E-state index contributed by atoms with van der Waals surface area (Å²) in [7, 11) is 1.69. The lowest BCUT2D eigenvalue weighted by molar-refractivity contribution is -0.270. The molecule has 33 heavy (non-hydrogen) atoms. The van der Waals surface area contributed by atoms with Crippen LogP contribution in [0, 0.1) is 23.1 Å². The van der Waals surface area contributed by atoms with E-state index in [1.807, 2.05) is 19.1 Å². The molecule has 0 amide bonds. The van der Waals surface area contributed by atoms with Crippen molar-refractivity contribution in [3.63, 3.8) is 0 Å². The van der Waals surface area contributed by atoms with Crippen LogP contribution in [-0.4, -0.2) is 73.1 Å². The van der Waals surface area contributed by atoms with Gasteiger partial charge in [0.15, 0.2) is 0 Å². The van der Waals surface area contributed by atoms with Crippen molar-refractivity contribution in [1.29, 1.82) is 0 Å². The molecular formula is C26H37FN2O4. The van der Waals surface area contributed by atoms with E-state index in [0.29, 0.717) is 25.1 Å². The van der Waals surface area contributed by atoms with Crippen LogP contribution >= 0.6 is 0 Å². The van der Waals surface area contributed by atoms with Crippen molar-refractivity contribution in [2.24, 2.45) is 17.3 Å². The van der Waals surface area contributed by atoms with Crippen molar-refractivity contribution in [3.05, 3.63) is 30.1 Å². The molecular weight excluding hydrogens is 423 g/mol. The maximum absolute atomic E-state index is 14.2. The first-order valence-corrected chi connectivity index (χ1v) is 12.4. The highest BCUT2D eigenvalue weighted by molar-refractivity contribution is 5.75. The second kappa shape index (κ2) is 8.21. The van der Waals surface area contributed by atoms with E-state index in [1.54, 1.807) is 13.2 Å². The zero-order chi connectivity index (χ0) is 23.4. The smallest absolute Gasteiger partial charge is 0.310 e. The summed E-state index contributed by atoms with van der Waals surface area (Å²) in [5.74, 6) is -0.578. The number of hydrogen-bond acceptors (Lipinski definition) is 6. The Morgan fingerprint density at radius 2 is 1.88 bits per heavy atom. The van der Waals surface area contributed by atoms with Crippen molar-refractivity contribution in [2.45, 2.75) is 63.3 Å². The minimum Gasteiger partial charge on any atom is -0.462 e. The van der Waals surface area contributed by atoms with Gasteiger partial charge in [-0.25, -0.2) is 4.39 Å². The molecule has 2 saturated carbocycles. The van der Waals surface area contributed by atoms with Crippen LogP contribution in [0.5, 0.6) is 0 Å². The molecule has 2 heterocycles. The van der Waals surface area contributed by atoms with E-state index in [2.05, 4.69) is 16.7 Å². The number of fused-ring (bicyclic) bond motifs is 2. The molecule has 6 nitrogen and oxygen atoms in total. The van der Waals surface area contributed by atoms with Crippen molar-refractivity contribution >= 4 is 11.7 Å². The molecule has 1 aromatic rings. The second-order valence-corrected chi connectivity index (χ2v) is 11.1. The number of nitrogens with zero attached hydrogens (tertiary/aromatic N) is 2. The first kappa shape index (κ1) is 23.1. The van der Waals surface area contributed by atoms with E-state index < -0.39 is 11.2 Å². The predicted molar refractivity (Wildman–Crippen MR) is 123 cm³/mol. The summed E-state index contributed by atoms with van der Waals surface area (Å²) in [5.41, 5.74) is -1.28. The molecule has 1 aromatic carbocycles. The van der Waals surface area contributed by atoms with Gasteiger partial charge >= 0.3 is 5.97 Å². The molecule has 0 spiro atoms. The number of anilines is 1. The largest absolute Gasteiger partial charge is 0.462 e. The van der Waals surface area contributed by atoms with Gasteiger partial charge < -0.3 is 19.5 Å². The third-order valence-electron chi connectivity index (χ3n) is 9.47. The molecule has 0 unspecified atom stereocenters. The summed E-state index contributed by atoms with van der Waals surface area (Å²) in [4.78, 5) is 17.3. The SMILES string of the molecule is CO[C@]1(C)CCC[C@]2(C)C[C@H]3OC(=O)[C@H](CN4CCN(c5ccccc5F)CC4)[C@@H]3C[C@]21O. The normalized spacial score (nSPS) is 41.4. The topological polar surface area (TPSA) is 62.2 Å². The molecule has 2 aliphatic carbocycles. The molecule has 4 aliphatic rings. The number of carbonyl (C=O) groups is 1. The van der Waals surface area contributed by atoms with Crippen LogP contribution in [0.15, 0.2) is 24.3 Å². The van der Waals surface area contributed by atoms with Crippen LogP contribution < -0.4 is 4.90 Å². The molecule has 2 saturated heterocycles. The summed E-state index contributed by atoms with van der Waals surface area (Å²) in [5, 5.41) is 12.1. The number of halogens is 1. The van der Waals surface area contributed by atoms with Gasteiger partial charge in [-0.2, -0.15) is 0 Å². The van der Waals surface area contributed by atoms with Crippen molar-refractivity contribution in [3.8, 4) is 0 Å². The third kappa shape index (κ3) is 3.58. The molecule has 0 bridgehead atoms. The molecule has 4 fully saturated rings. The average Bonchev–Trinajstić information content (AvgIpc) is 3.07. The van der Waals surface area contributed by atoms with E-state index in [0.717, 1.165) is 45.4 Å². The standard InChI is InChI=1S/C26H37FN2O4/c1-24-9-6-10-25(2,32-3)26(24,31)15-18-19(23(30)33-22(18)16-24)17-28-11-13-29(14-12-28)21-8-5-4-7-20(21)27/h4-5,7-8,18-19,22,31H,6,9-17H2,1-3H3/t18-,19+,22+,24+,25+,26-/m0/s1. The Balaban J connectivity index is 1.29. The van der Waals surface area contributed by atoms with Gasteiger partial charge in [0.25, 0.3) is 0 Å².